The van der Waals surface area contributed by atoms with Gasteiger partial charge >= 0.3 is 0 Å². The van der Waals surface area contributed by atoms with E-state index in [0.717, 1.165) is 49.1 Å². The van der Waals surface area contributed by atoms with Gasteiger partial charge in [-0.05, 0) is 30.5 Å². The van der Waals surface area contributed by atoms with E-state index in [9.17, 15) is 0 Å². The van der Waals surface area contributed by atoms with E-state index < -0.39 is 0 Å². The Bertz CT molecular complexity index is 629. The molecular formula is C16H19ClN4. The molecular weight excluding hydrogens is 284 g/mol. The Hall–Kier alpha value is -1.65. The van der Waals surface area contributed by atoms with Gasteiger partial charge in [0.15, 0.2) is 0 Å². The summed E-state index contributed by atoms with van der Waals surface area (Å²) in [6, 6.07) is 8.15. The van der Waals surface area contributed by atoms with Gasteiger partial charge in [0.25, 0.3) is 0 Å². The van der Waals surface area contributed by atoms with Gasteiger partial charge in [-0.25, -0.2) is 9.97 Å². The molecule has 0 unspecified atom stereocenters. The van der Waals surface area contributed by atoms with Crippen molar-refractivity contribution in [2.45, 2.75) is 19.9 Å². The summed E-state index contributed by atoms with van der Waals surface area (Å²) in [5, 5.41) is 4.25. The van der Waals surface area contributed by atoms with Gasteiger partial charge in [0, 0.05) is 43.0 Å². The number of hydrogen-bond donors (Lipinski definition) is 1. The van der Waals surface area contributed by atoms with Crippen LogP contribution in [0.4, 0.5) is 5.82 Å². The summed E-state index contributed by atoms with van der Waals surface area (Å²) in [6.07, 6.45) is 2.62. The highest BCUT2D eigenvalue weighted by molar-refractivity contribution is 6.31. The molecule has 4 nitrogen and oxygen atoms in total. The molecule has 0 atom stereocenters. The van der Waals surface area contributed by atoms with Crippen LogP contribution in [0.3, 0.4) is 0 Å². The molecule has 0 amide bonds. The second-order valence-electron chi connectivity index (χ2n) is 5.38. The lowest BCUT2D eigenvalue weighted by Crippen LogP contribution is -2.34. The van der Waals surface area contributed by atoms with E-state index in [-0.39, 0.29) is 0 Å². The number of nitrogens with one attached hydrogen (secondary N) is 1. The lowest BCUT2D eigenvalue weighted by atomic mass is 10.00. The highest BCUT2D eigenvalue weighted by atomic mass is 35.5. The van der Waals surface area contributed by atoms with Crippen LogP contribution in [0.25, 0.3) is 0 Å². The maximum absolute atomic E-state index is 6.24. The summed E-state index contributed by atoms with van der Waals surface area (Å²) in [7, 11) is 0. The third-order valence-electron chi connectivity index (χ3n) is 3.83. The molecule has 21 heavy (non-hydrogen) atoms. The van der Waals surface area contributed by atoms with Crippen molar-refractivity contribution in [2.75, 3.05) is 25.0 Å². The van der Waals surface area contributed by atoms with Crippen LogP contribution in [0.5, 0.6) is 0 Å². The van der Waals surface area contributed by atoms with Crippen LogP contribution in [0.1, 0.15) is 16.8 Å². The summed E-state index contributed by atoms with van der Waals surface area (Å²) >= 11 is 6.24. The standard InChI is InChI=1S/C16H19ClN4/c1-12-9-16(20-11-19-12)18-6-8-21-7-5-14-13(10-21)3-2-4-15(14)17/h2-4,9,11H,5-8,10H2,1H3,(H,18,19,20). The quantitative estimate of drug-likeness (QED) is 0.943. The molecule has 0 radical (unpaired) electrons. The number of halogens is 1. The van der Waals surface area contributed by atoms with E-state index in [0.29, 0.717) is 0 Å². The number of aromatic nitrogens is 2. The molecule has 5 heteroatoms. The van der Waals surface area contributed by atoms with Crippen LogP contribution in [-0.4, -0.2) is 34.5 Å². The first-order valence-electron chi connectivity index (χ1n) is 7.23. The minimum atomic E-state index is 0.881. The van der Waals surface area contributed by atoms with Crippen LogP contribution < -0.4 is 5.32 Å². The van der Waals surface area contributed by atoms with Gasteiger partial charge in [-0.3, -0.25) is 4.90 Å². The highest BCUT2D eigenvalue weighted by Crippen LogP contribution is 2.25. The first-order valence-corrected chi connectivity index (χ1v) is 7.61. The Morgan fingerprint density at radius 3 is 3.10 bits per heavy atom. The van der Waals surface area contributed by atoms with Gasteiger partial charge in [0.05, 0.1) is 0 Å². The third kappa shape index (κ3) is 3.52. The van der Waals surface area contributed by atoms with Crippen molar-refractivity contribution in [3.63, 3.8) is 0 Å². The lowest BCUT2D eigenvalue weighted by molar-refractivity contribution is 0.264. The minimum absolute atomic E-state index is 0.881. The van der Waals surface area contributed by atoms with E-state index >= 15 is 0 Å². The van der Waals surface area contributed by atoms with E-state index in [1.165, 1.54) is 11.1 Å². The van der Waals surface area contributed by atoms with Crippen molar-refractivity contribution < 1.29 is 0 Å². The molecule has 1 aromatic heterocycles. The van der Waals surface area contributed by atoms with Crippen molar-refractivity contribution in [3.05, 3.63) is 52.4 Å². The van der Waals surface area contributed by atoms with Gasteiger partial charge < -0.3 is 5.32 Å². The van der Waals surface area contributed by atoms with E-state index in [1.54, 1.807) is 6.33 Å². The van der Waals surface area contributed by atoms with E-state index in [4.69, 9.17) is 11.6 Å². The summed E-state index contributed by atoms with van der Waals surface area (Å²) in [5.41, 5.74) is 3.65. The molecule has 110 valence electrons. The molecule has 0 saturated carbocycles. The van der Waals surface area contributed by atoms with Crippen LogP contribution in [0.15, 0.2) is 30.6 Å². The van der Waals surface area contributed by atoms with Crippen LogP contribution >= 0.6 is 11.6 Å². The van der Waals surface area contributed by atoms with Crippen LogP contribution in [0.2, 0.25) is 5.02 Å². The second-order valence-corrected chi connectivity index (χ2v) is 5.78. The Labute approximate surface area is 130 Å². The maximum Gasteiger partial charge on any atom is 0.129 e. The fourth-order valence-electron chi connectivity index (χ4n) is 2.71. The Morgan fingerprint density at radius 1 is 1.33 bits per heavy atom. The zero-order valence-electron chi connectivity index (χ0n) is 12.1. The molecule has 0 spiro atoms. The largest absolute Gasteiger partial charge is 0.369 e. The summed E-state index contributed by atoms with van der Waals surface area (Å²) in [4.78, 5) is 10.8. The normalized spacial score (nSPS) is 14.8. The summed E-state index contributed by atoms with van der Waals surface area (Å²) < 4.78 is 0. The molecule has 2 aromatic rings. The van der Waals surface area contributed by atoms with Gasteiger partial charge in [-0.15, -0.1) is 0 Å². The highest BCUT2D eigenvalue weighted by Gasteiger charge is 2.17. The molecule has 0 saturated heterocycles. The first kappa shape index (κ1) is 14.3. The molecule has 0 bridgehead atoms. The molecule has 2 heterocycles. The van der Waals surface area contributed by atoms with Crippen LogP contribution in [-0.2, 0) is 13.0 Å². The Balaban J connectivity index is 1.53. The average molecular weight is 303 g/mol. The SMILES string of the molecule is Cc1cc(NCCN2CCc3c(Cl)cccc3C2)ncn1. The third-order valence-corrected chi connectivity index (χ3v) is 4.18. The number of rotatable bonds is 4. The summed E-state index contributed by atoms with van der Waals surface area (Å²) in [5.74, 6) is 0.892. The first-order chi connectivity index (χ1) is 10.2. The van der Waals surface area contributed by atoms with Crippen molar-refractivity contribution in [1.82, 2.24) is 14.9 Å². The Morgan fingerprint density at radius 2 is 2.24 bits per heavy atom. The zero-order chi connectivity index (χ0) is 14.7. The Kier molecular flexibility index (Phi) is 4.36. The van der Waals surface area contributed by atoms with E-state index in [2.05, 4.69) is 26.3 Å². The van der Waals surface area contributed by atoms with Crippen molar-refractivity contribution >= 4 is 17.4 Å². The summed E-state index contributed by atoms with van der Waals surface area (Å²) in [6.45, 7) is 5.88. The number of benzene rings is 1. The molecule has 1 aromatic carbocycles. The molecule has 1 aliphatic rings. The second kappa shape index (κ2) is 6.41. The van der Waals surface area contributed by atoms with Crippen molar-refractivity contribution in [3.8, 4) is 0 Å². The molecule has 1 N–H and O–H groups in total. The predicted octanol–water partition coefficient (Wildman–Crippen LogP) is 2.91. The lowest BCUT2D eigenvalue weighted by Gasteiger charge is -2.29. The average Bonchev–Trinajstić information content (AvgIpc) is 2.47. The smallest absolute Gasteiger partial charge is 0.129 e. The number of fused-ring (bicyclic) bond motifs is 1. The number of hydrogen-bond acceptors (Lipinski definition) is 4. The van der Waals surface area contributed by atoms with Gasteiger partial charge in [0.2, 0.25) is 0 Å². The molecule has 0 fully saturated rings. The number of anilines is 1. The number of aryl methyl sites for hydroxylation is 1. The van der Waals surface area contributed by atoms with Crippen molar-refractivity contribution in [2.24, 2.45) is 0 Å². The molecule has 3 rings (SSSR count). The van der Waals surface area contributed by atoms with Gasteiger partial charge in [0.1, 0.15) is 12.1 Å². The van der Waals surface area contributed by atoms with Crippen LogP contribution in [0, 0.1) is 6.92 Å². The molecule has 0 aliphatic carbocycles. The fraction of sp³-hybridized carbons (Fsp3) is 0.375. The van der Waals surface area contributed by atoms with Gasteiger partial charge in [-0.1, -0.05) is 23.7 Å². The predicted molar refractivity (Wildman–Crippen MR) is 85.7 cm³/mol. The fourth-order valence-corrected chi connectivity index (χ4v) is 2.99. The molecule has 1 aliphatic heterocycles. The number of nitrogens with zero attached hydrogens (tertiary/aromatic N) is 3. The zero-order valence-corrected chi connectivity index (χ0v) is 12.9. The monoisotopic (exact) mass is 302 g/mol. The van der Waals surface area contributed by atoms with Crippen molar-refractivity contribution in [1.29, 1.82) is 0 Å². The van der Waals surface area contributed by atoms with Gasteiger partial charge in [-0.2, -0.15) is 0 Å². The minimum Gasteiger partial charge on any atom is -0.369 e. The van der Waals surface area contributed by atoms with E-state index in [1.807, 2.05) is 25.1 Å². The maximum atomic E-state index is 6.24. The topological polar surface area (TPSA) is 41.0 Å².